The van der Waals surface area contributed by atoms with E-state index in [1.54, 1.807) is 0 Å². The average molecular weight is 347 g/mol. The Morgan fingerprint density at radius 1 is 1.38 bits per heavy atom. The van der Waals surface area contributed by atoms with Crippen molar-refractivity contribution in [3.05, 3.63) is 33.8 Å². The third-order valence-corrected chi connectivity index (χ3v) is 6.55. The summed E-state index contributed by atoms with van der Waals surface area (Å²) in [5, 5.41) is 11.9. The lowest BCUT2D eigenvalue weighted by molar-refractivity contribution is -0.101. The van der Waals surface area contributed by atoms with Crippen LogP contribution >= 0.6 is 35.0 Å². The van der Waals surface area contributed by atoms with E-state index in [0.717, 1.165) is 37.2 Å². The van der Waals surface area contributed by atoms with Gasteiger partial charge in [-0.2, -0.15) is 11.8 Å². The molecule has 3 unspecified atom stereocenters. The van der Waals surface area contributed by atoms with Gasteiger partial charge < -0.3 is 9.84 Å². The molecule has 3 atom stereocenters. The van der Waals surface area contributed by atoms with E-state index in [4.69, 9.17) is 27.9 Å². The smallest absolute Gasteiger partial charge is 0.0783 e. The van der Waals surface area contributed by atoms with E-state index in [0.29, 0.717) is 16.5 Å². The summed E-state index contributed by atoms with van der Waals surface area (Å²) in [6, 6.07) is 5.49. The Labute approximate surface area is 140 Å². The maximum absolute atomic E-state index is 10.6. The first kappa shape index (κ1) is 15.9. The maximum Gasteiger partial charge on any atom is 0.0783 e. The minimum atomic E-state index is -0.409. The fraction of sp³-hybridized carbons (Fsp3) is 0.625. The minimum Gasteiger partial charge on any atom is -0.392 e. The van der Waals surface area contributed by atoms with Gasteiger partial charge in [0.25, 0.3) is 0 Å². The molecule has 1 aromatic carbocycles. The highest BCUT2D eigenvalue weighted by Crippen LogP contribution is 2.42. The molecule has 0 aliphatic carbocycles. The van der Waals surface area contributed by atoms with Crippen LogP contribution in [0.3, 0.4) is 0 Å². The first-order valence-corrected chi connectivity index (χ1v) is 9.33. The van der Waals surface area contributed by atoms with Crippen LogP contribution in [-0.4, -0.2) is 34.9 Å². The predicted octanol–water partition coefficient (Wildman–Crippen LogP) is 4.20. The number of benzene rings is 1. The molecule has 0 bridgehead atoms. The zero-order chi connectivity index (χ0) is 14.9. The number of thioether (sulfide) groups is 1. The van der Waals surface area contributed by atoms with Crippen molar-refractivity contribution in [3.63, 3.8) is 0 Å². The summed E-state index contributed by atoms with van der Waals surface area (Å²) in [6.07, 6.45) is 3.08. The molecule has 116 valence electrons. The second-order valence-electron chi connectivity index (χ2n) is 6.06. The zero-order valence-corrected chi connectivity index (χ0v) is 14.2. The molecule has 3 rings (SSSR count). The van der Waals surface area contributed by atoms with E-state index in [1.165, 1.54) is 5.75 Å². The Balaban J connectivity index is 1.69. The second-order valence-corrected chi connectivity index (χ2v) is 7.98. The molecule has 1 aromatic rings. The van der Waals surface area contributed by atoms with Crippen LogP contribution in [0, 0.1) is 5.92 Å². The van der Waals surface area contributed by atoms with Crippen LogP contribution in [0.2, 0.25) is 10.0 Å². The Kier molecular flexibility index (Phi) is 5.07. The van der Waals surface area contributed by atoms with Crippen molar-refractivity contribution in [1.29, 1.82) is 0 Å². The van der Waals surface area contributed by atoms with Crippen LogP contribution in [0.15, 0.2) is 18.2 Å². The van der Waals surface area contributed by atoms with E-state index in [9.17, 15) is 5.11 Å². The van der Waals surface area contributed by atoms with Crippen molar-refractivity contribution < 1.29 is 9.84 Å². The molecule has 0 amide bonds. The average Bonchev–Trinajstić information content (AvgIpc) is 2.91. The van der Waals surface area contributed by atoms with Crippen molar-refractivity contribution in [2.75, 3.05) is 18.1 Å². The quantitative estimate of drug-likeness (QED) is 0.889. The second kappa shape index (κ2) is 6.67. The maximum atomic E-state index is 10.6. The molecule has 1 spiro atoms. The van der Waals surface area contributed by atoms with Crippen LogP contribution in [0.5, 0.6) is 0 Å². The number of ether oxygens (including phenoxy) is 1. The summed E-state index contributed by atoms with van der Waals surface area (Å²) in [7, 11) is 0. The number of halogens is 2. The molecule has 0 aromatic heterocycles. The Morgan fingerprint density at radius 2 is 2.14 bits per heavy atom. The van der Waals surface area contributed by atoms with Crippen LogP contribution in [0.4, 0.5) is 0 Å². The van der Waals surface area contributed by atoms with Crippen molar-refractivity contribution in [3.8, 4) is 0 Å². The lowest BCUT2D eigenvalue weighted by Gasteiger charge is -2.39. The van der Waals surface area contributed by atoms with E-state index in [1.807, 2.05) is 30.0 Å². The van der Waals surface area contributed by atoms with Crippen LogP contribution in [0.25, 0.3) is 0 Å². The molecular weight excluding hydrogens is 327 g/mol. The van der Waals surface area contributed by atoms with Crippen LogP contribution in [-0.2, 0) is 11.2 Å². The van der Waals surface area contributed by atoms with Gasteiger partial charge in [-0.1, -0.05) is 29.3 Å². The third-order valence-electron chi connectivity index (χ3n) is 4.62. The molecule has 21 heavy (non-hydrogen) atoms. The minimum absolute atomic E-state index is 0.00115. The topological polar surface area (TPSA) is 29.5 Å². The molecule has 1 N–H and O–H groups in total. The fourth-order valence-electron chi connectivity index (χ4n) is 3.36. The Hall–Kier alpha value is 0.0700. The highest BCUT2D eigenvalue weighted by Gasteiger charge is 2.42. The highest BCUT2D eigenvalue weighted by molar-refractivity contribution is 7.99. The molecule has 0 radical (unpaired) electrons. The van der Waals surface area contributed by atoms with E-state index < -0.39 is 6.10 Å². The summed E-state index contributed by atoms with van der Waals surface area (Å²) in [6.45, 7) is 0.749. The molecule has 2 saturated heterocycles. The van der Waals surface area contributed by atoms with Gasteiger partial charge in [0.2, 0.25) is 0 Å². The molecule has 2 fully saturated rings. The molecule has 5 heteroatoms. The summed E-state index contributed by atoms with van der Waals surface area (Å²) < 4.78 is 6.02. The molecule has 0 saturated carbocycles. The number of rotatable bonds is 3. The Morgan fingerprint density at radius 3 is 2.81 bits per heavy atom. The van der Waals surface area contributed by atoms with Gasteiger partial charge in [0.1, 0.15) is 0 Å². The third kappa shape index (κ3) is 3.53. The first-order valence-electron chi connectivity index (χ1n) is 7.42. The Bertz CT molecular complexity index is 483. The van der Waals surface area contributed by atoms with Gasteiger partial charge in [0, 0.05) is 28.8 Å². The lowest BCUT2D eigenvalue weighted by atomic mass is 9.80. The SMILES string of the molecule is OC(Cc1c(Cl)cccc1Cl)C1CCOC2(CCSC2)C1. The van der Waals surface area contributed by atoms with E-state index in [2.05, 4.69) is 0 Å². The largest absolute Gasteiger partial charge is 0.392 e. The summed E-state index contributed by atoms with van der Waals surface area (Å²) in [4.78, 5) is 0. The lowest BCUT2D eigenvalue weighted by Crippen LogP contribution is -2.43. The van der Waals surface area contributed by atoms with E-state index >= 15 is 0 Å². The zero-order valence-electron chi connectivity index (χ0n) is 11.9. The van der Waals surface area contributed by atoms with Crippen molar-refractivity contribution in [2.45, 2.75) is 37.4 Å². The molecule has 2 aliphatic rings. The molecule has 2 aliphatic heterocycles. The van der Waals surface area contributed by atoms with Gasteiger partial charge in [-0.15, -0.1) is 0 Å². The van der Waals surface area contributed by atoms with Gasteiger partial charge in [-0.05, 0) is 48.6 Å². The standard InChI is InChI=1S/C16H20Cl2O2S/c17-13-2-1-3-14(18)12(13)8-15(19)11-4-6-20-16(9-11)5-7-21-10-16/h1-3,11,15,19H,4-10H2. The van der Waals surface area contributed by atoms with Gasteiger partial charge in [-0.25, -0.2) is 0 Å². The summed E-state index contributed by atoms with van der Waals surface area (Å²) in [5.41, 5.74) is 0.855. The van der Waals surface area contributed by atoms with Crippen molar-refractivity contribution in [1.82, 2.24) is 0 Å². The number of hydrogen-bond acceptors (Lipinski definition) is 3. The van der Waals surface area contributed by atoms with Gasteiger partial charge in [0.15, 0.2) is 0 Å². The molecule has 2 nitrogen and oxygen atoms in total. The highest BCUT2D eigenvalue weighted by atomic mass is 35.5. The van der Waals surface area contributed by atoms with Crippen molar-refractivity contribution in [2.24, 2.45) is 5.92 Å². The number of hydrogen-bond donors (Lipinski definition) is 1. The van der Waals surface area contributed by atoms with Gasteiger partial charge >= 0.3 is 0 Å². The van der Waals surface area contributed by atoms with Gasteiger partial charge in [0.05, 0.1) is 11.7 Å². The van der Waals surface area contributed by atoms with Crippen molar-refractivity contribution >= 4 is 35.0 Å². The number of aliphatic hydroxyl groups excluding tert-OH is 1. The summed E-state index contributed by atoms with van der Waals surface area (Å²) >= 11 is 14.4. The van der Waals surface area contributed by atoms with E-state index in [-0.39, 0.29) is 11.5 Å². The predicted molar refractivity (Wildman–Crippen MR) is 89.5 cm³/mol. The normalized spacial score (nSPS) is 30.7. The van der Waals surface area contributed by atoms with Crippen LogP contribution in [0.1, 0.15) is 24.8 Å². The van der Waals surface area contributed by atoms with Gasteiger partial charge in [-0.3, -0.25) is 0 Å². The fourth-order valence-corrected chi connectivity index (χ4v) is 5.29. The molecule has 2 heterocycles. The number of aliphatic hydroxyl groups is 1. The molecular formula is C16H20Cl2O2S. The van der Waals surface area contributed by atoms with Crippen LogP contribution < -0.4 is 0 Å². The summed E-state index contributed by atoms with van der Waals surface area (Å²) in [5.74, 6) is 2.49. The monoisotopic (exact) mass is 346 g/mol. The first-order chi connectivity index (χ1) is 10.1.